The molecule has 2 aliphatic rings. The van der Waals surface area contributed by atoms with Crippen molar-refractivity contribution in [2.75, 3.05) is 80.4 Å². The van der Waals surface area contributed by atoms with Gasteiger partial charge in [0.05, 0.1) is 13.1 Å². The van der Waals surface area contributed by atoms with Crippen LogP contribution in [0.2, 0.25) is 12.1 Å². The van der Waals surface area contributed by atoms with E-state index in [2.05, 4.69) is 9.80 Å². The van der Waals surface area contributed by atoms with Crippen molar-refractivity contribution in [2.24, 2.45) is 9.98 Å². The Hall–Kier alpha value is -0.866. The van der Waals surface area contributed by atoms with E-state index in [1.807, 2.05) is 20.8 Å². The van der Waals surface area contributed by atoms with E-state index < -0.39 is 17.6 Å². The maximum Gasteiger partial charge on any atom is 0.500 e. The number of aliphatic imine (C=N–C) groups is 2. The van der Waals surface area contributed by atoms with Gasteiger partial charge in [0.1, 0.15) is 0 Å². The molecule has 0 bridgehead atoms. The number of hydrogen-bond donors (Lipinski definition) is 0. The van der Waals surface area contributed by atoms with Gasteiger partial charge in [-0.1, -0.05) is 0 Å². The first-order valence-corrected chi connectivity index (χ1v) is 16.0. The standard InChI is InChI=1S/C21H44N4O6Si2/c1-7-29-33(30-8-2,31-9-3)19-11-15-25-17-13-23-21(25)20-22-12-16-24(20)14-10-18-32(26-4,27-5)28-6/h7-19H2,1-6H3. The lowest BCUT2D eigenvalue weighted by molar-refractivity contribution is 0.0704. The Morgan fingerprint density at radius 3 is 1.42 bits per heavy atom. The molecule has 0 N–H and O–H groups in total. The second-order valence-corrected chi connectivity index (χ2v) is 13.7. The van der Waals surface area contributed by atoms with E-state index in [1.165, 1.54) is 0 Å². The molecule has 0 radical (unpaired) electrons. The quantitative estimate of drug-likeness (QED) is 0.262. The normalized spacial score (nSPS) is 17.2. The van der Waals surface area contributed by atoms with Gasteiger partial charge in [0, 0.05) is 79.4 Å². The number of amidine groups is 2. The molecular formula is C21H44N4O6Si2. The molecule has 0 unspecified atom stereocenters. The van der Waals surface area contributed by atoms with Gasteiger partial charge in [-0.3, -0.25) is 9.98 Å². The van der Waals surface area contributed by atoms with Crippen LogP contribution in [0.1, 0.15) is 33.6 Å². The minimum absolute atomic E-state index is 0.605. The molecule has 2 heterocycles. The maximum absolute atomic E-state index is 6.00. The van der Waals surface area contributed by atoms with E-state index in [0.29, 0.717) is 19.8 Å². The third-order valence-corrected chi connectivity index (χ3v) is 11.9. The fraction of sp³-hybridized carbons (Fsp3) is 0.905. The fourth-order valence-corrected chi connectivity index (χ4v) is 8.65. The first-order valence-electron chi connectivity index (χ1n) is 12.2. The van der Waals surface area contributed by atoms with Gasteiger partial charge in [0.25, 0.3) is 0 Å². The van der Waals surface area contributed by atoms with Crippen molar-refractivity contribution in [3.63, 3.8) is 0 Å². The minimum Gasteiger partial charge on any atom is -0.377 e. The van der Waals surface area contributed by atoms with Gasteiger partial charge in [-0.2, -0.15) is 0 Å². The van der Waals surface area contributed by atoms with Crippen LogP contribution in [0.5, 0.6) is 0 Å². The third-order valence-electron chi connectivity index (χ3n) is 5.91. The monoisotopic (exact) mass is 504 g/mol. The third kappa shape index (κ3) is 7.82. The van der Waals surface area contributed by atoms with Crippen molar-refractivity contribution < 1.29 is 26.6 Å². The molecule has 0 amide bonds. The minimum atomic E-state index is -2.62. The van der Waals surface area contributed by atoms with E-state index in [0.717, 1.165) is 75.9 Å². The Balaban J connectivity index is 1.91. The van der Waals surface area contributed by atoms with Gasteiger partial charge < -0.3 is 36.4 Å². The molecule has 0 atom stereocenters. The molecule has 2 rings (SSSR count). The van der Waals surface area contributed by atoms with Crippen molar-refractivity contribution in [2.45, 2.75) is 45.7 Å². The highest BCUT2D eigenvalue weighted by Gasteiger charge is 2.40. The van der Waals surface area contributed by atoms with Crippen LogP contribution in [0, 0.1) is 0 Å². The molecule has 0 aromatic rings. The summed E-state index contributed by atoms with van der Waals surface area (Å²) in [4.78, 5) is 14.3. The topological polar surface area (TPSA) is 86.6 Å². The van der Waals surface area contributed by atoms with Crippen LogP contribution in [-0.2, 0) is 26.6 Å². The largest absolute Gasteiger partial charge is 0.500 e. The summed E-state index contributed by atoms with van der Waals surface area (Å²) < 4.78 is 34.7. The molecule has 0 aromatic heterocycles. The summed E-state index contributed by atoms with van der Waals surface area (Å²) in [5.74, 6) is 2.02. The lowest BCUT2D eigenvalue weighted by Crippen LogP contribution is -2.47. The van der Waals surface area contributed by atoms with Crippen LogP contribution in [0.25, 0.3) is 0 Å². The number of rotatable bonds is 18. The van der Waals surface area contributed by atoms with Crippen molar-refractivity contribution in [1.82, 2.24) is 9.80 Å². The molecule has 2 aliphatic heterocycles. The SMILES string of the molecule is CCO[Si](CCCN1CCN=C1C1=NCCN1CCC[Si](OC)(OC)OC)(OCC)OCC. The smallest absolute Gasteiger partial charge is 0.377 e. The van der Waals surface area contributed by atoms with Crippen LogP contribution in [-0.4, -0.2) is 119 Å². The second kappa shape index (κ2) is 14.5. The van der Waals surface area contributed by atoms with Crippen LogP contribution in [0.15, 0.2) is 9.98 Å². The highest BCUT2D eigenvalue weighted by Crippen LogP contribution is 2.21. The van der Waals surface area contributed by atoms with Crippen LogP contribution >= 0.6 is 0 Å². The summed E-state index contributed by atoms with van der Waals surface area (Å²) in [7, 11) is -0.192. The highest BCUT2D eigenvalue weighted by molar-refractivity contribution is 6.61. The zero-order valence-corrected chi connectivity index (χ0v) is 23.4. The Labute approximate surface area is 202 Å². The van der Waals surface area contributed by atoms with Gasteiger partial charge in [0.15, 0.2) is 11.7 Å². The summed E-state index contributed by atoms with van der Waals surface area (Å²) in [6, 6.07) is 1.58. The van der Waals surface area contributed by atoms with Gasteiger partial charge in [-0.15, -0.1) is 0 Å². The summed E-state index contributed by atoms with van der Waals surface area (Å²) in [5, 5.41) is 0. The molecule has 0 saturated carbocycles. The van der Waals surface area contributed by atoms with Gasteiger partial charge in [-0.25, -0.2) is 0 Å². The fourth-order valence-electron chi connectivity index (χ4n) is 4.35. The lowest BCUT2D eigenvalue weighted by atomic mass is 10.3. The predicted octanol–water partition coefficient (Wildman–Crippen LogP) is 2.12. The Kier molecular flexibility index (Phi) is 12.5. The van der Waals surface area contributed by atoms with Crippen LogP contribution in [0.4, 0.5) is 0 Å². The molecule has 0 spiro atoms. The van der Waals surface area contributed by atoms with Crippen LogP contribution in [0.3, 0.4) is 0 Å². The summed E-state index contributed by atoms with van der Waals surface area (Å²) in [5.41, 5.74) is 0. The first-order chi connectivity index (χ1) is 16.0. The Morgan fingerprint density at radius 2 is 1.06 bits per heavy atom. The highest BCUT2D eigenvalue weighted by atomic mass is 28.4. The number of hydrogen-bond acceptors (Lipinski definition) is 10. The lowest BCUT2D eigenvalue weighted by Gasteiger charge is -2.30. The van der Waals surface area contributed by atoms with E-state index in [4.69, 9.17) is 36.5 Å². The average molecular weight is 505 g/mol. The van der Waals surface area contributed by atoms with E-state index in [1.54, 1.807) is 21.3 Å². The summed E-state index contributed by atoms with van der Waals surface area (Å²) in [6.45, 7) is 13.0. The van der Waals surface area contributed by atoms with Crippen molar-refractivity contribution in [1.29, 1.82) is 0 Å². The average Bonchev–Trinajstić information content (AvgIpc) is 3.47. The predicted molar refractivity (Wildman–Crippen MR) is 134 cm³/mol. The van der Waals surface area contributed by atoms with Crippen LogP contribution < -0.4 is 0 Å². The molecule has 10 nitrogen and oxygen atoms in total. The Morgan fingerprint density at radius 1 is 0.667 bits per heavy atom. The van der Waals surface area contributed by atoms with Gasteiger partial charge in [-0.05, 0) is 33.6 Å². The zero-order chi connectivity index (χ0) is 24.2. The summed E-state index contributed by atoms with van der Waals surface area (Å²) >= 11 is 0. The van der Waals surface area contributed by atoms with E-state index in [-0.39, 0.29) is 0 Å². The molecule has 33 heavy (non-hydrogen) atoms. The zero-order valence-electron chi connectivity index (χ0n) is 21.4. The molecule has 0 aliphatic carbocycles. The molecule has 192 valence electrons. The molecule has 0 saturated heterocycles. The van der Waals surface area contributed by atoms with Gasteiger partial charge >= 0.3 is 17.6 Å². The van der Waals surface area contributed by atoms with Gasteiger partial charge in [0.2, 0.25) is 0 Å². The first kappa shape index (κ1) is 28.4. The summed E-state index contributed by atoms with van der Waals surface area (Å²) in [6.07, 6.45) is 1.85. The Bertz CT molecular complexity index is 611. The second-order valence-electron chi connectivity index (χ2n) is 7.87. The van der Waals surface area contributed by atoms with E-state index in [9.17, 15) is 0 Å². The maximum atomic E-state index is 6.00. The molecular weight excluding hydrogens is 460 g/mol. The molecule has 0 aromatic carbocycles. The number of nitrogens with zero attached hydrogens (tertiary/aromatic N) is 4. The van der Waals surface area contributed by atoms with Crippen molar-refractivity contribution >= 4 is 29.3 Å². The van der Waals surface area contributed by atoms with Crippen molar-refractivity contribution in [3.05, 3.63) is 0 Å². The molecule has 12 heteroatoms. The molecule has 0 fully saturated rings. The van der Waals surface area contributed by atoms with Crippen molar-refractivity contribution in [3.8, 4) is 0 Å². The van der Waals surface area contributed by atoms with E-state index >= 15 is 0 Å².